The molecule has 70 valence electrons. The third-order valence-corrected chi connectivity index (χ3v) is 2.59. The van der Waals surface area contributed by atoms with E-state index >= 15 is 0 Å². The lowest BCUT2D eigenvalue weighted by Crippen LogP contribution is -1.99. The maximum Gasteiger partial charge on any atom is 0.272 e. The molecule has 2 N–H and O–H groups in total. The first-order valence-electron chi connectivity index (χ1n) is 3.38. The van der Waals surface area contributed by atoms with E-state index in [1.807, 2.05) is 0 Å². The summed E-state index contributed by atoms with van der Waals surface area (Å²) in [6.07, 6.45) is 0. The maximum absolute atomic E-state index is 10.4. The van der Waals surface area contributed by atoms with Gasteiger partial charge in [0.2, 0.25) is 0 Å². The number of nitrogens with zero attached hydrogens (tertiary/aromatic N) is 1. The molecule has 0 saturated heterocycles. The summed E-state index contributed by atoms with van der Waals surface area (Å²) in [6, 6.07) is 2.67. The number of hydrogen-bond donors (Lipinski definition) is 1. The number of nitrogens with two attached hydrogens (primary N) is 1. The number of halogens is 2. The van der Waals surface area contributed by atoms with E-state index in [0.29, 0.717) is 15.1 Å². The van der Waals surface area contributed by atoms with Gasteiger partial charge in [-0.05, 0) is 5.56 Å². The Morgan fingerprint density at radius 1 is 1.62 bits per heavy atom. The topological polar surface area (TPSA) is 69.2 Å². The fraction of sp³-hybridized carbons (Fsp3) is 0.143. The van der Waals surface area contributed by atoms with E-state index in [4.69, 9.17) is 17.3 Å². The van der Waals surface area contributed by atoms with E-state index in [2.05, 4.69) is 15.9 Å². The number of non-ortho nitro benzene ring substituents is 1. The van der Waals surface area contributed by atoms with Crippen LogP contribution in [0.1, 0.15) is 5.56 Å². The van der Waals surface area contributed by atoms with Gasteiger partial charge in [0.25, 0.3) is 5.69 Å². The zero-order chi connectivity index (χ0) is 10.0. The molecule has 0 amide bonds. The summed E-state index contributed by atoms with van der Waals surface area (Å²) < 4.78 is 0.564. The largest absolute Gasteiger partial charge is 0.326 e. The van der Waals surface area contributed by atoms with Crippen molar-refractivity contribution in [2.75, 3.05) is 0 Å². The van der Waals surface area contributed by atoms with Crippen LogP contribution < -0.4 is 5.73 Å². The first kappa shape index (κ1) is 10.4. The Bertz CT molecular complexity index is 333. The monoisotopic (exact) mass is 264 g/mol. The summed E-state index contributed by atoms with van der Waals surface area (Å²) in [6.45, 7) is 0.247. The average molecular weight is 265 g/mol. The summed E-state index contributed by atoms with van der Waals surface area (Å²) in [4.78, 5) is 9.90. The van der Waals surface area contributed by atoms with Gasteiger partial charge < -0.3 is 5.73 Å². The molecule has 0 aromatic heterocycles. The summed E-state index contributed by atoms with van der Waals surface area (Å²) in [5, 5.41) is 10.7. The third-order valence-electron chi connectivity index (χ3n) is 1.54. The lowest BCUT2D eigenvalue weighted by Gasteiger charge is -2.03. The van der Waals surface area contributed by atoms with Crippen molar-refractivity contribution in [2.24, 2.45) is 5.73 Å². The Morgan fingerprint density at radius 2 is 2.23 bits per heavy atom. The molecule has 0 aliphatic rings. The van der Waals surface area contributed by atoms with Crippen molar-refractivity contribution in [1.82, 2.24) is 0 Å². The first-order chi connectivity index (χ1) is 6.06. The van der Waals surface area contributed by atoms with Gasteiger partial charge in [0.15, 0.2) is 0 Å². The molecule has 0 unspecified atom stereocenters. The second-order valence-electron chi connectivity index (χ2n) is 2.35. The highest BCUT2D eigenvalue weighted by atomic mass is 79.9. The minimum Gasteiger partial charge on any atom is -0.326 e. The quantitative estimate of drug-likeness (QED) is 0.659. The normalized spacial score (nSPS) is 10.1. The van der Waals surface area contributed by atoms with E-state index in [9.17, 15) is 10.1 Å². The third kappa shape index (κ3) is 2.18. The molecule has 0 fully saturated rings. The highest BCUT2D eigenvalue weighted by molar-refractivity contribution is 9.10. The van der Waals surface area contributed by atoms with Crippen molar-refractivity contribution in [2.45, 2.75) is 6.54 Å². The van der Waals surface area contributed by atoms with Gasteiger partial charge >= 0.3 is 0 Å². The minimum atomic E-state index is -0.503. The lowest BCUT2D eigenvalue weighted by atomic mass is 10.2. The fourth-order valence-corrected chi connectivity index (χ4v) is 1.90. The first-order valence-corrected chi connectivity index (χ1v) is 4.55. The smallest absolute Gasteiger partial charge is 0.272 e. The van der Waals surface area contributed by atoms with Crippen LogP contribution in [0.15, 0.2) is 16.6 Å². The second kappa shape index (κ2) is 4.04. The highest BCUT2D eigenvalue weighted by Crippen LogP contribution is 2.29. The van der Waals surface area contributed by atoms with Crippen LogP contribution in [-0.4, -0.2) is 4.92 Å². The Morgan fingerprint density at radius 3 is 2.62 bits per heavy atom. The van der Waals surface area contributed by atoms with Crippen LogP contribution in [0.4, 0.5) is 5.69 Å². The number of rotatable bonds is 2. The molecule has 0 heterocycles. The molecule has 0 bridgehead atoms. The molecule has 0 spiro atoms. The van der Waals surface area contributed by atoms with Crippen LogP contribution in [0.2, 0.25) is 5.02 Å². The molecule has 6 heteroatoms. The molecular weight excluding hydrogens is 259 g/mol. The second-order valence-corrected chi connectivity index (χ2v) is 3.61. The molecule has 0 aliphatic carbocycles. The summed E-state index contributed by atoms with van der Waals surface area (Å²) >= 11 is 8.92. The number of nitro benzene ring substituents is 1. The van der Waals surface area contributed by atoms with E-state index in [1.54, 1.807) is 0 Å². The average Bonchev–Trinajstić information content (AvgIpc) is 2.03. The van der Waals surface area contributed by atoms with E-state index in [0.717, 1.165) is 0 Å². The van der Waals surface area contributed by atoms with Crippen molar-refractivity contribution in [3.8, 4) is 0 Å². The predicted molar refractivity (Wildman–Crippen MR) is 53.7 cm³/mol. The number of hydrogen-bond acceptors (Lipinski definition) is 3. The molecule has 0 radical (unpaired) electrons. The minimum absolute atomic E-state index is 0.0472. The molecule has 1 aromatic carbocycles. The van der Waals surface area contributed by atoms with Crippen molar-refractivity contribution >= 4 is 33.2 Å². The maximum atomic E-state index is 10.4. The van der Waals surface area contributed by atoms with Gasteiger partial charge in [0, 0.05) is 23.2 Å². The Kier molecular flexibility index (Phi) is 3.24. The van der Waals surface area contributed by atoms with Gasteiger partial charge in [-0.2, -0.15) is 0 Å². The zero-order valence-electron chi connectivity index (χ0n) is 6.46. The Hall–Kier alpha value is -0.650. The van der Waals surface area contributed by atoms with Crippen molar-refractivity contribution in [3.63, 3.8) is 0 Å². The van der Waals surface area contributed by atoms with Crippen LogP contribution in [0, 0.1) is 10.1 Å². The Labute approximate surface area is 88.0 Å². The van der Waals surface area contributed by atoms with Gasteiger partial charge in [0.1, 0.15) is 0 Å². The molecule has 4 nitrogen and oxygen atoms in total. The van der Waals surface area contributed by atoms with Gasteiger partial charge in [-0.3, -0.25) is 10.1 Å². The van der Waals surface area contributed by atoms with Crippen LogP contribution in [-0.2, 0) is 6.54 Å². The molecule has 1 aromatic rings. The highest BCUT2D eigenvalue weighted by Gasteiger charge is 2.12. The Balaban J connectivity index is 3.28. The molecule has 0 atom stereocenters. The van der Waals surface area contributed by atoms with Crippen LogP contribution in [0.3, 0.4) is 0 Å². The molecule has 0 saturated carbocycles. The number of nitro groups is 1. The zero-order valence-corrected chi connectivity index (χ0v) is 8.80. The molecule has 1 rings (SSSR count). The SMILES string of the molecule is NCc1c(Cl)cc([N+](=O)[O-])cc1Br. The predicted octanol–water partition coefficient (Wildman–Crippen LogP) is 2.47. The van der Waals surface area contributed by atoms with Gasteiger partial charge in [0.05, 0.1) is 9.95 Å². The van der Waals surface area contributed by atoms with Crippen LogP contribution in [0.5, 0.6) is 0 Å². The fourth-order valence-electron chi connectivity index (χ4n) is 0.890. The lowest BCUT2D eigenvalue weighted by molar-refractivity contribution is -0.384. The van der Waals surface area contributed by atoms with E-state index in [1.165, 1.54) is 12.1 Å². The van der Waals surface area contributed by atoms with Crippen molar-refractivity contribution in [3.05, 3.63) is 37.3 Å². The summed E-state index contributed by atoms with van der Waals surface area (Å²) in [5.41, 5.74) is 6.02. The molecular formula is C7H6BrClN2O2. The molecule has 0 aliphatic heterocycles. The van der Waals surface area contributed by atoms with Crippen LogP contribution >= 0.6 is 27.5 Å². The van der Waals surface area contributed by atoms with Gasteiger partial charge in [-0.1, -0.05) is 27.5 Å². The van der Waals surface area contributed by atoms with Crippen molar-refractivity contribution < 1.29 is 4.92 Å². The van der Waals surface area contributed by atoms with E-state index in [-0.39, 0.29) is 12.2 Å². The summed E-state index contributed by atoms with van der Waals surface area (Å²) in [7, 11) is 0. The molecule has 13 heavy (non-hydrogen) atoms. The standard InChI is InChI=1S/C7H6BrClN2O2/c8-6-1-4(11(12)13)2-7(9)5(6)3-10/h1-2H,3,10H2. The van der Waals surface area contributed by atoms with Crippen LogP contribution in [0.25, 0.3) is 0 Å². The van der Waals surface area contributed by atoms with Crippen molar-refractivity contribution in [1.29, 1.82) is 0 Å². The van der Waals surface area contributed by atoms with Gasteiger partial charge in [-0.15, -0.1) is 0 Å². The number of benzene rings is 1. The van der Waals surface area contributed by atoms with Gasteiger partial charge in [-0.25, -0.2) is 0 Å². The van der Waals surface area contributed by atoms with E-state index < -0.39 is 4.92 Å². The summed E-state index contributed by atoms with van der Waals surface area (Å²) in [5.74, 6) is 0.